The van der Waals surface area contributed by atoms with E-state index in [0.29, 0.717) is 43.6 Å². The number of hydrogen-bond donors (Lipinski definition) is 1. The number of anilines is 1. The van der Waals surface area contributed by atoms with Gasteiger partial charge in [-0.15, -0.1) is 0 Å². The Bertz CT molecular complexity index is 1470. The smallest absolute Gasteiger partial charge is 0.254 e. The second-order valence-electron chi connectivity index (χ2n) is 9.94. The summed E-state index contributed by atoms with van der Waals surface area (Å²) < 4.78 is 12.2. The molecule has 1 fully saturated rings. The van der Waals surface area contributed by atoms with Gasteiger partial charge in [0.2, 0.25) is 5.91 Å². The van der Waals surface area contributed by atoms with Gasteiger partial charge in [-0.1, -0.05) is 53.8 Å². The van der Waals surface area contributed by atoms with Crippen LogP contribution >= 0.6 is 11.3 Å². The van der Waals surface area contributed by atoms with Crippen LogP contribution in [0.4, 0.5) is 5.13 Å². The highest BCUT2D eigenvalue weighted by Gasteiger charge is 2.44. The van der Waals surface area contributed by atoms with E-state index in [-0.39, 0.29) is 11.8 Å². The van der Waals surface area contributed by atoms with Crippen LogP contribution in [0.2, 0.25) is 0 Å². The topological polar surface area (TPSA) is 84.0 Å². The third-order valence-electron chi connectivity index (χ3n) is 7.54. The third kappa shape index (κ3) is 5.32. The lowest BCUT2D eigenvalue weighted by Crippen LogP contribution is -2.49. The average Bonchev–Trinajstić information content (AvgIpc) is 3.40. The summed E-state index contributed by atoms with van der Waals surface area (Å²) in [7, 11) is 0. The highest BCUT2D eigenvalue weighted by Crippen LogP contribution is 2.44. The van der Waals surface area contributed by atoms with Gasteiger partial charge in [-0.25, -0.2) is 4.98 Å². The van der Waals surface area contributed by atoms with Crippen LogP contribution in [0.3, 0.4) is 0 Å². The van der Waals surface area contributed by atoms with Crippen molar-refractivity contribution in [3.63, 3.8) is 0 Å². The molecule has 1 aromatic heterocycles. The van der Waals surface area contributed by atoms with E-state index in [4.69, 9.17) is 9.47 Å². The van der Waals surface area contributed by atoms with Crippen molar-refractivity contribution >= 4 is 38.5 Å². The molecular weight excluding hydrogens is 524 g/mol. The summed E-state index contributed by atoms with van der Waals surface area (Å²) in [5.41, 5.74) is 3.03. The lowest BCUT2D eigenvalue weighted by molar-refractivity contribution is -0.119. The second kappa shape index (κ2) is 11.8. The number of benzene rings is 3. The van der Waals surface area contributed by atoms with E-state index < -0.39 is 12.0 Å². The number of carbonyl (C=O) groups is 2. The van der Waals surface area contributed by atoms with Crippen molar-refractivity contribution in [1.82, 2.24) is 14.8 Å². The van der Waals surface area contributed by atoms with E-state index in [9.17, 15) is 9.59 Å². The number of nitrogens with one attached hydrogen (secondary N) is 1. The van der Waals surface area contributed by atoms with Crippen LogP contribution in [-0.2, 0) is 9.53 Å². The number of hydrogen-bond acceptors (Lipinski definition) is 7. The zero-order valence-electron chi connectivity index (χ0n) is 22.4. The number of carbonyl (C=O) groups excluding carboxylic acids is 2. The number of para-hydroxylation sites is 1. The predicted octanol–water partition coefficient (Wildman–Crippen LogP) is 4.95. The van der Waals surface area contributed by atoms with Gasteiger partial charge >= 0.3 is 0 Å². The summed E-state index contributed by atoms with van der Waals surface area (Å²) in [5, 5.41) is 3.64. The Balaban J connectivity index is 1.39. The molecule has 2 aliphatic rings. The van der Waals surface area contributed by atoms with Gasteiger partial charge in [0.1, 0.15) is 5.75 Å². The van der Waals surface area contributed by atoms with E-state index in [1.165, 1.54) is 11.3 Å². The molecule has 3 aromatic carbocycles. The van der Waals surface area contributed by atoms with Crippen molar-refractivity contribution in [2.75, 3.05) is 51.3 Å². The Kier molecular flexibility index (Phi) is 7.77. The fraction of sp³-hybridized carbons (Fsp3) is 0.323. The van der Waals surface area contributed by atoms with Gasteiger partial charge in [-0.3, -0.25) is 14.5 Å². The van der Waals surface area contributed by atoms with Crippen LogP contribution in [-0.4, -0.2) is 72.6 Å². The molecule has 1 N–H and O–H groups in total. The number of morpholine rings is 1. The number of nitrogens with zero attached hydrogens (tertiary/aromatic N) is 3. The Labute approximate surface area is 237 Å². The fourth-order valence-corrected chi connectivity index (χ4v) is 6.47. The van der Waals surface area contributed by atoms with Crippen LogP contribution in [0, 0.1) is 0 Å². The van der Waals surface area contributed by atoms with Crippen molar-refractivity contribution in [2.24, 2.45) is 0 Å². The normalized spacial score (nSPS) is 19.4. The molecule has 2 aliphatic heterocycles. The molecule has 9 heteroatoms. The first-order valence-corrected chi connectivity index (χ1v) is 14.5. The molecule has 40 heavy (non-hydrogen) atoms. The fourth-order valence-electron chi connectivity index (χ4n) is 5.60. The van der Waals surface area contributed by atoms with Gasteiger partial charge in [0, 0.05) is 31.7 Å². The molecule has 0 spiro atoms. The minimum atomic E-state index is -0.622. The van der Waals surface area contributed by atoms with E-state index >= 15 is 0 Å². The summed E-state index contributed by atoms with van der Waals surface area (Å²) in [6.45, 7) is 6.74. The molecule has 2 amide bonds. The number of thiazole rings is 1. The van der Waals surface area contributed by atoms with Crippen LogP contribution in [0.5, 0.6) is 5.75 Å². The highest BCUT2D eigenvalue weighted by atomic mass is 32.1. The third-order valence-corrected chi connectivity index (χ3v) is 8.49. The van der Waals surface area contributed by atoms with Gasteiger partial charge < -0.3 is 19.7 Å². The molecule has 206 valence electrons. The quantitative estimate of drug-likeness (QED) is 0.331. The van der Waals surface area contributed by atoms with Crippen molar-refractivity contribution in [3.8, 4) is 5.75 Å². The van der Waals surface area contributed by atoms with Gasteiger partial charge in [0.15, 0.2) is 5.13 Å². The summed E-state index contributed by atoms with van der Waals surface area (Å²) in [5.74, 6) is -0.117. The standard InChI is InChI=1S/C31H32N4O4S/c1-2-39-22-13-11-21(12-14-22)28-27(29(36)33-31-32-25-9-5-6-10-26(25)40-31)23-7-3-4-8-24(23)30(37)35(28)16-15-34-17-19-38-20-18-34/h3-14,27-28H,2,15-20H2,1H3,(H,32,33,36)/t27-,28+/m1/s1. The first-order chi connectivity index (χ1) is 19.6. The average molecular weight is 557 g/mol. The Morgan fingerprint density at radius 3 is 2.55 bits per heavy atom. The number of fused-ring (bicyclic) bond motifs is 2. The Morgan fingerprint density at radius 2 is 1.77 bits per heavy atom. The Morgan fingerprint density at radius 1 is 1.02 bits per heavy atom. The molecule has 0 aliphatic carbocycles. The summed E-state index contributed by atoms with van der Waals surface area (Å²) in [6.07, 6.45) is 0. The lowest BCUT2D eigenvalue weighted by Gasteiger charge is -2.42. The molecule has 0 radical (unpaired) electrons. The van der Waals surface area contributed by atoms with E-state index in [2.05, 4.69) is 15.2 Å². The molecule has 2 atom stereocenters. The van der Waals surface area contributed by atoms with Gasteiger partial charge in [-0.2, -0.15) is 0 Å². The Hall–Kier alpha value is -3.79. The van der Waals surface area contributed by atoms with E-state index in [0.717, 1.165) is 40.2 Å². The highest BCUT2D eigenvalue weighted by molar-refractivity contribution is 7.22. The maximum atomic E-state index is 14.2. The van der Waals surface area contributed by atoms with Gasteiger partial charge in [0.25, 0.3) is 5.91 Å². The summed E-state index contributed by atoms with van der Waals surface area (Å²) >= 11 is 1.45. The number of amides is 2. The molecule has 4 aromatic rings. The van der Waals surface area contributed by atoms with Gasteiger partial charge in [-0.05, 0) is 48.4 Å². The SMILES string of the molecule is CCOc1ccc([C@H]2[C@H](C(=O)Nc3nc4ccccc4s3)c3ccccc3C(=O)N2CCN2CCOCC2)cc1. The molecule has 0 unspecified atom stereocenters. The minimum absolute atomic E-state index is 0.0632. The number of ether oxygens (including phenoxy) is 2. The summed E-state index contributed by atoms with van der Waals surface area (Å²) in [6, 6.07) is 22.6. The maximum Gasteiger partial charge on any atom is 0.254 e. The molecule has 0 saturated carbocycles. The molecule has 6 rings (SSSR count). The van der Waals surface area contributed by atoms with Crippen molar-refractivity contribution in [1.29, 1.82) is 0 Å². The molecule has 0 bridgehead atoms. The number of rotatable bonds is 8. The zero-order valence-corrected chi connectivity index (χ0v) is 23.2. The maximum absolute atomic E-state index is 14.2. The lowest BCUT2D eigenvalue weighted by atomic mass is 9.79. The molecule has 3 heterocycles. The summed E-state index contributed by atoms with van der Waals surface area (Å²) in [4.78, 5) is 37.0. The zero-order chi connectivity index (χ0) is 27.5. The van der Waals surface area contributed by atoms with Crippen LogP contribution < -0.4 is 10.1 Å². The van der Waals surface area contributed by atoms with Crippen molar-refractivity contribution < 1.29 is 19.1 Å². The van der Waals surface area contributed by atoms with Gasteiger partial charge in [0.05, 0.1) is 42.0 Å². The number of aromatic nitrogens is 1. The second-order valence-corrected chi connectivity index (χ2v) is 11.0. The first-order valence-electron chi connectivity index (χ1n) is 13.7. The minimum Gasteiger partial charge on any atom is -0.494 e. The largest absolute Gasteiger partial charge is 0.494 e. The van der Waals surface area contributed by atoms with Crippen molar-refractivity contribution in [3.05, 3.63) is 89.5 Å². The molecule has 1 saturated heterocycles. The van der Waals surface area contributed by atoms with E-state index in [1.807, 2.05) is 84.6 Å². The predicted molar refractivity (Wildman–Crippen MR) is 156 cm³/mol. The van der Waals surface area contributed by atoms with E-state index in [1.54, 1.807) is 0 Å². The first kappa shape index (κ1) is 26.4. The van der Waals surface area contributed by atoms with Crippen molar-refractivity contribution in [2.45, 2.75) is 18.9 Å². The van der Waals surface area contributed by atoms with Crippen LogP contribution in [0.25, 0.3) is 10.2 Å². The van der Waals surface area contributed by atoms with Crippen LogP contribution in [0.1, 0.15) is 40.4 Å². The molecule has 8 nitrogen and oxygen atoms in total. The monoisotopic (exact) mass is 556 g/mol. The van der Waals surface area contributed by atoms with Crippen LogP contribution in [0.15, 0.2) is 72.8 Å². The molecular formula is C31H32N4O4S.